The van der Waals surface area contributed by atoms with Crippen LogP contribution < -0.4 is 11.1 Å². The van der Waals surface area contributed by atoms with Crippen LogP contribution in [0.3, 0.4) is 0 Å². The molecule has 0 aliphatic rings. The fourth-order valence-corrected chi connectivity index (χ4v) is 2.23. The number of amides is 1. The number of hydrogen-bond donors (Lipinski definition) is 3. The van der Waals surface area contributed by atoms with E-state index in [0.717, 1.165) is 0 Å². The molecule has 0 fully saturated rings. The number of benzene rings is 1. The van der Waals surface area contributed by atoms with Crippen molar-refractivity contribution in [2.24, 2.45) is 0 Å². The van der Waals surface area contributed by atoms with Gasteiger partial charge in [0.25, 0.3) is 0 Å². The van der Waals surface area contributed by atoms with Gasteiger partial charge in [-0.3, -0.25) is 4.79 Å². The van der Waals surface area contributed by atoms with Gasteiger partial charge in [-0.2, -0.15) is 4.98 Å². The number of halogens is 1. The van der Waals surface area contributed by atoms with Gasteiger partial charge in [0, 0.05) is 0 Å². The van der Waals surface area contributed by atoms with Crippen LogP contribution in [0.1, 0.15) is 6.92 Å². The Morgan fingerprint density at radius 1 is 1.53 bits per heavy atom. The van der Waals surface area contributed by atoms with Gasteiger partial charge in [0.1, 0.15) is 0 Å². The molecular formula is C11H12ClN5OS. The van der Waals surface area contributed by atoms with Crippen LogP contribution in [0.15, 0.2) is 29.4 Å². The van der Waals surface area contributed by atoms with E-state index >= 15 is 0 Å². The minimum Gasteiger partial charge on any atom is -0.368 e. The second-order valence-electron chi connectivity index (χ2n) is 3.73. The topological polar surface area (TPSA) is 96.7 Å². The largest absolute Gasteiger partial charge is 0.368 e. The number of aromatic nitrogens is 3. The van der Waals surface area contributed by atoms with Crippen LogP contribution in [0.2, 0.25) is 5.02 Å². The lowest BCUT2D eigenvalue weighted by Gasteiger charge is -2.11. The predicted molar refractivity (Wildman–Crippen MR) is 76.2 cm³/mol. The van der Waals surface area contributed by atoms with E-state index in [1.807, 2.05) is 0 Å². The normalized spacial score (nSPS) is 12.1. The highest BCUT2D eigenvalue weighted by atomic mass is 35.5. The van der Waals surface area contributed by atoms with Crippen LogP contribution in [-0.2, 0) is 4.79 Å². The third kappa shape index (κ3) is 3.62. The van der Waals surface area contributed by atoms with Crippen LogP contribution in [0, 0.1) is 0 Å². The van der Waals surface area contributed by atoms with Gasteiger partial charge in [-0.25, -0.2) is 5.10 Å². The van der Waals surface area contributed by atoms with Crippen molar-refractivity contribution in [3.63, 3.8) is 0 Å². The van der Waals surface area contributed by atoms with Gasteiger partial charge in [0.2, 0.25) is 17.0 Å². The van der Waals surface area contributed by atoms with Crippen LogP contribution in [0.4, 0.5) is 11.6 Å². The fraction of sp³-hybridized carbons (Fsp3) is 0.182. The third-order valence-electron chi connectivity index (χ3n) is 2.27. The molecule has 0 aliphatic carbocycles. The maximum Gasteiger partial charge on any atom is 0.237 e. The number of H-pyrrole nitrogens is 1. The van der Waals surface area contributed by atoms with Crippen LogP contribution in [-0.4, -0.2) is 26.3 Å². The first kappa shape index (κ1) is 13.7. The van der Waals surface area contributed by atoms with Gasteiger partial charge in [0.15, 0.2) is 0 Å². The van der Waals surface area contributed by atoms with Crippen LogP contribution >= 0.6 is 23.4 Å². The molecule has 2 aromatic rings. The number of anilines is 2. The molecule has 6 nitrogen and oxygen atoms in total. The molecule has 2 rings (SSSR count). The van der Waals surface area contributed by atoms with Gasteiger partial charge >= 0.3 is 0 Å². The van der Waals surface area contributed by atoms with Gasteiger partial charge in [0.05, 0.1) is 16.0 Å². The lowest BCUT2D eigenvalue weighted by Crippen LogP contribution is -2.22. The number of rotatable bonds is 4. The monoisotopic (exact) mass is 297 g/mol. The Kier molecular flexibility index (Phi) is 4.28. The summed E-state index contributed by atoms with van der Waals surface area (Å²) in [6.45, 7) is 1.75. The number of hydrogen-bond acceptors (Lipinski definition) is 5. The quantitative estimate of drug-likeness (QED) is 0.751. The summed E-state index contributed by atoms with van der Waals surface area (Å²) in [4.78, 5) is 15.9. The Balaban J connectivity index is 1.98. The Labute approximate surface area is 119 Å². The summed E-state index contributed by atoms with van der Waals surface area (Å²) >= 11 is 7.18. The number of para-hydroxylation sites is 1. The molecule has 4 N–H and O–H groups in total. The average Bonchev–Trinajstić information content (AvgIpc) is 2.77. The van der Waals surface area contributed by atoms with Gasteiger partial charge in [-0.15, -0.1) is 5.10 Å². The average molecular weight is 298 g/mol. The lowest BCUT2D eigenvalue weighted by atomic mass is 10.3. The number of carbonyl (C=O) groups is 1. The van der Waals surface area contributed by atoms with E-state index in [9.17, 15) is 4.79 Å². The van der Waals surface area contributed by atoms with E-state index in [1.54, 1.807) is 31.2 Å². The summed E-state index contributed by atoms with van der Waals surface area (Å²) in [5, 5.41) is 9.68. The second kappa shape index (κ2) is 5.94. The molecule has 8 heteroatoms. The van der Waals surface area contributed by atoms with Crippen molar-refractivity contribution in [2.75, 3.05) is 11.1 Å². The molecule has 1 amide bonds. The number of thioether (sulfide) groups is 1. The molecule has 1 unspecified atom stereocenters. The maximum atomic E-state index is 12.0. The van der Waals surface area contributed by atoms with Crippen molar-refractivity contribution in [3.05, 3.63) is 29.3 Å². The molecule has 1 aromatic heterocycles. The van der Waals surface area contributed by atoms with Gasteiger partial charge in [-0.1, -0.05) is 35.5 Å². The Morgan fingerprint density at radius 2 is 2.26 bits per heavy atom. The summed E-state index contributed by atoms with van der Waals surface area (Å²) in [7, 11) is 0. The molecule has 100 valence electrons. The Hall–Kier alpha value is -1.73. The molecule has 1 atom stereocenters. The van der Waals surface area contributed by atoms with Crippen molar-refractivity contribution < 1.29 is 4.79 Å². The molecule has 0 spiro atoms. The minimum atomic E-state index is -0.369. The number of nitrogens with zero attached hydrogens (tertiary/aromatic N) is 2. The number of aromatic amines is 1. The second-order valence-corrected chi connectivity index (χ2v) is 5.45. The van der Waals surface area contributed by atoms with Gasteiger partial charge < -0.3 is 11.1 Å². The fourth-order valence-electron chi connectivity index (χ4n) is 1.32. The van der Waals surface area contributed by atoms with Crippen molar-refractivity contribution in [3.8, 4) is 0 Å². The first-order valence-electron chi connectivity index (χ1n) is 5.46. The van der Waals surface area contributed by atoms with Crippen molar-refractivity contribution in [1.82, 2.24) is 15.2 Å². The number of nitrogen functional groups attached to an aromatic ring is 1. The first-order chi connectivity index (χ1) is 9.06. The zero-order valence-corrected chi connectivity index (χ0v) is 11.6. The zero-order chi connectivity index (χ0) is 13.8. The van der Waals surface area contributed by atoms with E-state index < -0.39 is 0 Å². The molecule has 0 saturated carbocycles. The van der Waals surface area contributed by atoms with Crippen molar-refractivity contribution >= 4 is 40.9 Å². The highest BCUT2D eigenvalue weighted by molar-refractivity contribution is 8.00. The highest BCUT2D eigenvalue weighted by Gasteiger charge is 2.17. The van der Waals surface area contributed by atoms with E-state index in [1.165, 1.54) is 11.8 Å². The molecule has 0 radical (unpaired) electrons. The van der Waals surface area contributed by atoms with Crippen molar-refractivity contribution in [2.45, 2.75) is 17.3 Å². The molecule has 0 bridgehead atoms. The molecule has 1 aromatic carbocycles. The third-order valence-corrected chi connectivity index (χ3v) is 3.56. The smallest absolute Gasteiger partial charge is 0.237 e. The molecule has 0 aliphatic heterocycles. The lowest BCUT2D eigenvalue weighted by molar-refractivity contribution is -0.115. The predicted octanol–water partition coefficient (Wildman–Crippen LogP) is 2.16. The minimum absolute atomic E-state index is 0.179. The van der Waals surface area contributed by atoms with E-state index in [2.05, 4.69) is 20.5 Å². The zero-order valence-electron chi connectivity index (χ0n) is 10.1. The number of nitrogens with one attached hydrogen (secondary N) is 2. The Morgan fingerprint density at radius 3 is 2.89 bits per heavy atom. The number of nitrogens with two attached hydrogens (primary N) is 1. The molecule has 0 saturated heterocycles. The Bertz CT molecular complexity index is 588. The molecular weight excluding hydrogens is 286 g/mol. The summed E-state index contributed by atoms with van der Waals surface area (Å²) in [6, 6.07) is 7.05. The van der Waals surface area contributed by atoms with Crippen LogP contribution in [0.25, 0.3) is 0 Å². The number of carbonyl (C=O) groups excluding carboxylic acids is 1. The summed E-state index contributed by atoms with van der Waals surface area (Å²) in [5.41, 5.74) is 5.99. The van der Waals surface area contributed by atoms with Crippen molar-refractivity contribution in [1.29, 1.82) is 0 Å². The maximum absolute atomic E-state index is 12.0. The van der Waals surface area contributed by atoms with Gasteiger partial charge in [-0.05, 0) is 19.1 Å². The van der Waals surface area contributed by atoms with Crippen LogP contribution in [0.5, 0.6) is 0 Å². The molecule has 1 heterocycles. The van der Waals surface area contributed by atoms with E-state index in [-0.39, 0.29) is 17.1 Å². The summed E-state index contributed by atoms with van der Waals surface area (Å²) in [6.07, 6.45) is 0. The highest BCUT2D eigenvalue weighted by Crippen LogP contribution is 2.24. The SMILES string of the molecule is CC(Sc1n[nH]c(N)n1)C(=O)Nc1ccccc1Cl. The molecule has 19 heavy (non-hydrogen) atoms. The first-order valence-corrected chi connectivity index (χ1v) is 6.72. The standard InChI is InChI=1S/C11H12ClN5OS/c1-6(19-11-15-10(13)16-17-11)9(18)14-8-5-3-2-4-7(8)12/h2-6H,1H3,(H,14,18)(H3,13,15,16,17). The van der Waals surface area contributed by atoms with E-state index in [0.29, 0.717) is 15.9 Å². The van der Waals surface area contributed by atoms with E-state index in [4.69, 9.17) is 17.3 Å². The summed E-state index contributed by atoms with van der Waals surface area (Å²) in [5.74, 6) is 0.0442. The summed E-state index contributed by atoms with van der Waals surface area (Å²) < 4.78 is 0.